The molecule has 3 aliphatic rings. The standard InChI is InChI=1S/C19H26N2OS/c1-21(14-8-9-23-12-14)11-18(22)20-10-17-16-7-6-13-4-2-3-5-15(13)19(16)17/h2-5,14,16-17,19H,6-12H2,1H3,(H,20,22)/t14-,16+,17-,19-/m1/s1. The number of carbonyl (C=O) groups is 1. The molecule has 1 aromatic rings. The van der Waals surface area contributed by atoms with Crippen LogP contribution in [-0.4, -0.2) is 48.5 Å². The minimum atomic E-state index is 0.196. The van der Waals surface area contributed by atoms with Gasteiger partial charge in [-0.05, 0) is 60.9 Å². The summed E-state index contributed by atoms with van der Waals surface area (Å²) in [7, 11) is 2.09. The summed E-state index contributed by atoms with van der Waals surface area (Å²) in [5.74, 6) is 4.77. The van der Waals surface area contributed by atoms with E-state index in [9.17, 15) is 4.79 Å². The van der Waals surface area contributed by atoms with Crippen LogP contribution in [0.3, 0.4) is 0 Å². The van der Waals surface area contributed by atoms with E-state index in [1.807, 2.05) is 11.8 Å². The summed E-state index contributed by atoms with van der Waals surface area (Å²) in [5, 5.41) is 3.20. The number of amides is 1. The van der Waals surface area contributed by atoms with E-state index in [2.05, 4.69) is 41.5 Å². The molecule has 4 heteroatoms. The highest BCUT2D eigenvalue weighted by Crippen LogP contribution is 2.59. The Morgan fingerprint density at radius 1 is 1.35 bits per heavy atom. The van der Waals surface area contributed by atoms with Crippen molar-refractivity contribution in [3.05, 3.63) is 35.4 Å². The molecule has 23 heavy (non-hydrogen) atoms. The van der Waals surface area contributed by atoms with Crippen LogP contribution in [-0.2, 0) is 11.2 Å². The summed E-state index contributed by atoms with van der Waals surface area (Å²) >= 11 is 2.00. The average Bonchev–Trinajstić information content (AvgIpc) is 3.00. The van der Waals surface area contributed by atoms with Crippen LogP contribution in [0.5, 0.6) is 0 Å². The van der Waals surface area contributed by atoms with Gasteiger partial charge in [-0.1, -0.05) is 24.3 Å². The summed E-state index contributed by atoms with van der Waals surface area (Å²) in [6.07, 6.45) is 3.73. The summed E-state index contributed by atoms with van der Waals surface area (Å²) in [5.41, 5.74) is 3.07. The molecule has 0 radical (unpaired) electrons. The predicted molar refractivity (Wildman–Crippen MR) is 95.9 cm³/mol. The smallest absolute Gasteiger partial charge is 0.234 e. The van der Waals surface area contributed by atoms with Gasteiger partial charge in [-0.3, -0.25) is 9.69 Å². The zero-order valence-corrected chi connectivity index (χ0v) is 14.6. The van der Waals surface area contributed by atoms with Crippen molar-refractivity contribution in [2.45, 2.75) is 31.2 Å². The largest absolute Gasteiger partial charge is 0.355 e. The third kappa shape index (κ3) is 3.16. The van der Waals surface area contributed by atoms with Crippen LogP contribution >= 0.6 is 11.8 Å². The van der Waals surface area contributed by atoms with Gasteiger partial charge in [0.25, 0.3) is 0 Å². The van der Waals surface area contributed by atoms with Crippen LogP contribution in [0.15, 0.2) is 24.3 Å². The molecule has 1 N–H and O–H groups in total. The Morgan fingerprint density at radius 2 is 2.22 bits per heavy atom. The van der Waals surface area contributed by atoms with Gasteiger partial charge < -0.3 is 5.32 Å². The normalized spacial score (nSPS) is 31.6. The van der Waals surface area contributed by atoms with Crippen molar-refractivity contribution >= 4 is 17.7 Å². The zero-order chi connectivity index (χ0) is 15.8. The second-order valence-electron chi connectivity index (χ2n) is 7.33. The molecule has 1 saturated carbocycles. The number of hydrogen-bond donors (Lipinski definition) is 1. The SMILES string of the molecule is CN(CC(=O)NC[C@@H]1[C@@H]2CCc3ccccc3[C@@H]12)[C@@H]1CCSC1. The van der Waals surface area contributed by atoms with Crippen LogP contribution in [0.1, 0.15) is 29.9 Å². The highest BCUT2D eigenvalue weighted by Gasteiger charge is 2.52. The van der Waals surface area contributed by atoms with Gasteiger partial charge in [0.1, 0.15) is 0 Å². The lowest BCUT2D eigenvalue weighted by molar-refractivity contribution is -0.122. The van der Waals surface area contributed by atoms with Crippen molar-refractivity contribution in [1.82, 2.24) is 10.2 Å². The Labute approximate surface area is 143 Å². The number of nitrogens with zero attached hydrogens (tertiary/aromatic N) is 1. The quantitative estimate of drug-likeness (QED) is 0.900. The first kappa shape index (κ1) is 15.5. The molecule has 1 aliphatic heterocycles. The summed E-state index contributed by atoms with van der Waals surface area (Å²) < 4.78 is 0. The molecule has 0 aromatic heterocycles. The lowest BCUT2D eigenvalue weighted by Crippen LogP contribution is -2.41. The van der Waals surface area contributed by atoms with E-state index >= 15 is 0 Å². The van der Waals surface area contributed by atoms with Crippen molar-refractivity contribution < 1.29 is 4.79 Å². The van der Waals surface area contributed by atoms with E-state index in [0.29, 0.717) is 24.4 Å². The maximum atomic E-state index is 12.2. The Balaban J connectivity index is 1.27. The fourth-order valence-electron chi connectivity index (χ4n) is 4.50. The number of nitrogens with one attached hydrogen (secondary N) is 1. The number of carbonyl (C=O) groups excluding carboxylic acids is 1. The second kappa shape index (κ2) is 6.48. The minimum absolute atomic E-state index is 0.196. The van der Waals surface area contributed by atoms with Gasteiger partial charge in [-0.2, -0.15) is 11.8 Å². The lowest BCUT2D eigenvalue weighted by Gasteiger charge is -2.22. The van der Waals surface area contributed by atoms with Crippen molar-refractivity contribution in [2.75, 3.05) is 31.6 Å². The van der Waals surface area contributed by atoms with Crippen LogP contribution in [0, 0.1) is 11.8 Å². The van der Waals surface area contributed by atoms with Gasteiger partial charge in [0.15, 0.2) is 0 Å². The van der Waals surface area contributed by atoms with Crippen molar-refractivity contribution in [3.63, 3.8) is 0 Å². The number of likely N-dealkylation sites (N-methyl/N-ethyl adjacent to an activating group) is 1. The highest BCUT2D eigenvalue weighted by atomic mass is 32.2. The molecule has 3 nitrogen and oxygen atoms in total. The summed E-state index contributed by atoms with van der Waals surface area (Å²) in [6, 6.07) is 9.45. The van der Waals surface area contributed by atoms with Crippen LogP contribution < -0.4 is 5.32 Å². The maximum Gasteiger partial charge on any atom is 0.234 e. The molecule has 0 spiro atoms. The van der Waals surface area contributed by atoms with E-state index in [1.165, 1.54) is 36.3 Å². The third-order valence-corrected chi connectivity index (χ3v) is 7.09. The van der Waals surface area contributed by atoms with E-state index in [-0.39, 0.29) is 5.91 Å². The Bertz CT molecular complexity index is 584. The summed E-state index contributed by atoms with van der Waals surface area (Å²) in [4.78, 5) is 14.5. The highest BCUT2D eigenvalue weighted by molar-refractivity contribution is 7.99. The molecule has 2 fully saturated rings. The molecule has 1 heterocycles. The molecule has 1 amide bonds. The Kier molecular flexibility index (Phi) is 4.37. The van der Waals surface area contributed by atoms with Gasteiger partial charge in [0.05, 0.1) is 6.54 Å². The number of thioether (sulfide) groups is 1. The van der Waals surface area contributed by atoms with E-state index in [0.717, 1.165) is 12.5 Å². The number of rotatable bonds is 5. The molecule has 0 unspecified atom stereocenters. The topological polar surface area (TPSA) is 32.3 Å². The number of fused-ring (bicyclic) bond motifs is 3. The van der Waals surface area contributed by atoms with Gasteiger partial charge in [0, 0.05) is 18.3 Å². The Morgan fingerprint density at radius 3 is 3.04 bits per heavy atom. The lowest BCUT2D eigenvalue weighted by atomic mass is 9.92. The van der Waals surface area contributed by atoms with E-state index < -0.39 is 0 Å². The van der Waals surface area contributed by atoms with Crippen molar-refractivity contribution in [2.24, 2.45) is 11.8 Å². The van der Waals surface area contributed by atoms with Crippen LogP contribution in [0.2, 0.25) is 0 Å². The minimum Gasteiger partial charge on any atom is -0.355 e. The molecular weight excluding hydrogens is 304 g/mol. The first-order valence-electron chi connectivity index (χ1n) is 8.86. The van der Waals surface area contributed by atoms with Gasteiger partial charge in [0.2, 0.25) is 5.91 Å². The fourth-order valence-corrected chi connectivity index (χ4v) is 5.80. The number of benzene rings is 1. The predicted octanol–water partition coefficient (Wildman–Crippen LogP) is 2.52. The fraction of sp³-hybridized carbons (Fsp3) is 0.632. The molecular formula is C19H26N2OS. The molecule has 1 saturated heterocycles. The molecule has 0 bridgehead atoms. The Hall–Kier alpha value is -1.00. The average molecular weight is 330 g/mol. The zero-order valence-electron chi connectivity index (χ0n) is 13.8. The molecule has 2 aliphatic carbocycles. The van der Waals surface area contributed by atoms with E-state index in [4.69, 9.17) is 0 Å². The van der Waals surface area contributed by atoms with Crippen LogP contribution in [0.4, 0.5) is 0 Å². The number of hydrogen-bond acceptors (Lipinski definition) is 3. The van der Waals surface area contributed by atoms with Gasteiger partial charge >= 0.3 is 0 Å². The van der Waals surface area contributed by atoms with E-state index in [1.54, 1.807) is 5.56 Å². The first-order valence-corrected chi connectivity index (χ1v) is 10.0. The molecule has 4 atom stereocenters. The number of aryl methyl sites for hydroxylation is 1. The van der Waals surface area contributed by atoms with Crippen molar-refractivity contribution in [3.8, 4) is 0 Å². The first-order chi connectivity index (χ1) is 11.2. The second-order valence-corrected chi connectivity index (χ2v) is 8.48. The monoisotopic (exact) mass is 330 g/mol. The molecule has 124 valence electrons. The molecule has 1 aromatic carbocycles. The summed E-state index contributed by atoms with van der Waals surface area (Å²) in [6.45, 7) is 1.40. The molecule has 4 rings (SSSR count). The van der Waals surface area contributed by atoms with Gasteiger partial charge in [-0.15, -0.1) is 0 Å². The third-order valence-electron chi connectivity index (χ3n) is 5.95. The van der Waals surface area contributed by atoms with Crippen LogP contribution in [0.25, 0.3) is 0 Å². The van der Waals surface area contributed by atoms with Gasteiger partial charge in [-0.25, -0.2) is 0 Å². The maximum absolute atomic E-state index is 12.2. The van der Waals surface area contributed by atoms with Crippen molar-refractivity contribution in [1.29, 1.82) is 0 Å².